The Labute approximate surface area is 107 Å². The first-order valence-corrected chi connectivity index (χ1v) is 6.47. The van der Waals surface area contributed by atoms with E-state index in [1.54, 1.807) is 0 Å². The van der Waals surface area contributed by atoms with Crippen LogP contribution < -0.4 is 0 Å². The Bertz CT molecular complexity index is 534. The van der Waals surface area contributed by atoms with Crippen LogP contribution in [-0.2, 0) is 24.8 Å². The Morgan fingerprint density at radius 1 is 1.28 bits per heavy atom. The summed E-state index contributed by atoms with van der Waals surface area (Å²) in [5, 5.41) is 9.87. The van der Waals surface area contributed by atoms with E-state index in [4.69, 9.17) is 0 Å². The van der Waals surface area contributed by atoms with Gasteiger partial charge >= 0.3 is 0 Å². The van der Waals surface area contributed by atoms with Gasteiger partial charge in [0.1, 0.15) is 0 Å². The molecule has 0 spiro atoms. The van der Waals surface area contributed by atoms with Crippen LogP contribution in [-0.4, -0.2) is 21.3 Å². The van der Waals surface area contributed by atoms with Crippen molar-refractivity contribution in [2.45, 2.75) is 31.7 Å². The first-order chi connectivity index (χ1) is 8.77. The molecule has 0 fully saturated rings. The minimum Gasteiger partial charge on any atom is -0.395 e. The van der Waals surface area contributed by atoms with Crippen molar-refractivity contribution in [3.8, 4) is 0 Å². The highest BCUT2D eigenvalue weighted by atomic mass is 16.3. The molecule has 1 heterocycles. The minimum atomic E-state index is -0.218. The predicted octanol–water partition coefficient (Wildman–Crippen LogP) is 1.93. The molecule has 0 radical (unpaired) electrons. The lowest BCUT2D eigenvalue weighted by Gasteiger charge is -2.24. The molecule has 3 rings (SSSR count). The van der Waals surface area contributed by atoms with Crippen molar-refractivity contribution in [2.75, 3.05) is 6.61 Å². The molecule has 0 amide bonds. The standard InChI is InChI=1S/C15H18N2O/c1-2-17-9-14(16-11-17)15(10-18)7-12-5-3-4-6-13(12)8-15/h3-6,9,11,18H,2,7-8,10H2,1H3. The second-order valence-corrected chi connectivity index (χ2v) is 5.15. The van der Waals surface area contributed by atoms with Gasteiger partial charge in [-0.1, -0.05) is 24.3 Å². The van der Waals surface area contributed by atoms with E-state index in [9.17, 15) is 5.11 Å². The number of hydrogen-bond acceptors (Lipinski definition) is 2. The van der Waals surface area contributed by atoms with Crippen LogP contribution in [0.25, 0.3) is 0 Å². The lowest BCUT2D eigenvalue weighted by atomic mass is 9.82. The summed E-state index contributed by atoms with van der Waals surface area (Å²) >= 11 is 0. The molecule has 3 nitrogen and oxygen atoms in total. The van der Waals surface area contributed by atoms with Crippen molar-refractivity contribution in [1.29, 1.82) is 0 Å². The van der Waals surface area contributed by atoms with Crippen LogP contribution in [0.3, 0.4) is 0 Å². The molecule has 3 heteroatoms. The second kappa shape index (κ2) is 4.25. The fraction of sp³-hybridized carbons (Fsp3) is 0.400. The molecule has 1 aromatic carbocycles. The minimum absolute atomic E-state index is 0.155. The molecule has 1 aliphatic rings. The molecule has 0 aliphatic heterocycles. The summed E-state index contributed by atoms with van der Waals surface area (Å²) in [5.74, 6) is 0. The zero-order valence-electron chi connectivity index (χ0n) is 10.6. The summed E-state index contributed by atoms with van der Waals surface area (Å²) < 4.78 is 2.07. The van der Waals surface area contributed by atoms with Gasteiger partial charge in [0.05, 0.1) is 18.6 Å². The van der Waals surface area contributed by atoms with Crippen LogP contribution in [0.1, 0.15) is 23.7 Å². The van der Waals surface area contributed by atoms with Crippen LogP contribution in [0.15, 0.2) is 36.8 Å². The van der Waals surface area contributed by atoms with E-state index < -0.39 is 0 Å². The number of nitrogens with zero attached hydrogens (tertiary/aromatic N) is 2. The number of rotatable bonds is 3. The number of aliphatic hydroxyl groups is 1. The topological polar surface area (TPSA) is 38.0 Å². The van der Waals surface area contributed by atoms with Crippen molar-refractivity contribution in [3.63, 3.8) is 0 Å². The highest BCUT2D eigenvalue weighted by molar-refractivity contribution is 5.39. The summed E-state index contributed by atoms with van der Waals surface area (Å²) in [6.45, 7) is 3.17. The Hall–Kier alpha value is -1.61. The fourth-order valence-electron chi connectivity index (χ4n) is 2.87. The van der Waals surface area contributed by atoms with E-state index >= 15 is 0 Å². The Kier molecular flexibility index (Phi) is 2.71. The van der Waals surface area contributed by atoms with Crippen LogP contribution in [0, 0.1) is 0 Å². The van der Waals surface area contributed by atoms with Gasteiger partial charge in [0.2, 0.25) is 0 Å². The van der Waals surface area contributed by atoms with E-state index in [2.05, 4.69) is 46.9 Å². The van der Waals surface area contributed by atoms with E-state index in [1.807, 2.05) is 6.33 Å². The van der Waals surface area contributed by atoms with Gasteiger partial charge in [-0.05, 0) is 30.9 Å². The van der Waals surface area contributed by atoms with Crippen LogP contribution in [0.4, 0.5) is 0 Å². The maximum Gasteiger partial charge on any atom is 0.0949 e. The molecular formula is C15H18N2O. The predicted molar refractivity (Wildman–Crippen MR) is 70.5 cm³/mol. The third-order valence-corrected chi connectivity index (χ3v) is 4.02. The molecule has 18 heavy (non-hydrogen) atoms. The summed E-state index contributed by atoms with van der Waals surface area (Å²) in [7, 11) is 0. The SMILES string of the molecule is CCn1cnc(C2(CO)Cc3ccccc3C2)c1. The van der Waals surface area contributed by atoms with Gasteiger partial charge in [0.15, 0.2) is 0 Å². The number of fused-ring (bicyclic) bond motifs is 1. The fourth-order valence-corrected chi connectivity index (χ4v) is 2.87. The number of benzene rings is 1. The van der Waals surface area contributed by atoms with E-state index in [0.717, 1.165) is 25.1 Å². The third kappa shape index (κ3) is 1.66. The number of aryl methyl sites for hydroxylation is 1. The van der Waals surface area contributed by atoms with Gasteiger partial charge < -0.3 is 9.67 Å². The molecule has 1 aromatic heterocycles. The Morgan fingerprint density at radius 2 is 1.94 bits per heavy atom. The van der Waals surface area contributed by atoms with E-state index in [0.29, 0.717) is 0 Å². The highest BCUT2D eigenvalue weighted by Gasteiger charge is 2.39. The molecule has 0 unspecified atom stereocenters. The number of aliphatic hydroxyl groups excluding tert-OH is 1. The van der Waals surface area contributed by atoms with E-state index in [1.165, 1.54) is 11.1 Å². The maximum absolute atomic E-state index is 9.87. The van der Waals surface area contributed by atoms with Gasteiger partial charge in [-0.2, -0.15) is 0 Å². The van der Waals surface area contributed by atoms with Gasteiger partial charge in [0.25, 0.3) is 0 Å². The summed E-state index contributed by atoms with van der Waals surface area (Å²) in [4.78, 5) is 4.50. The lowest BCUT2D eigenvalue weighted by molar-refractivity contribution is 0.195. The van der Waals surface area contributed by atoms with Crippen LogP contribution in [0.2, 0.25) is 0 Å². The Morgan fingerprint density at radius 3 is 2.44 bits per heavy atom. The second-order valence-electron chi connectivity index (χ2n) is 5.15. The third-order valence-electron chi connectivity index (χ3n) is 4.02. The van der Waals surface area contributed by atoms with Crippen molar-refractivity contribution >= 4 is 0 Å². The monoisotopic (exact) mass is 242 g/mol. The average molecular weight is 242 g/mol. The van der Waals surface area contributed by atoms with Gasteiger partial charge in [-0.15, -0.1) is 0 Å². The molecule has 0 saturated carbocycles. The molecule has 1 aliphatic carbocycles. The molecule has 0 saturated heterocycles. The van der Waals surface area contributed by atoms with Crippen molar-refractivity contribution in [1.82, 2.24) is 9.55 Å². The quantitative estimate of drug-likeness (QED) is 0.893. The summed E-state index contributed by atoms with van der Waals surface area (Å²) in [6.07, 6.45) is 5.71. The normalized spacial score (nSPS) is 16.8. The van der Waals surface area contributed by atoms with Crippen molar-refractivity contribution in [2.24, 2.45) is 0 Å². The van der Waals surface area contributed by atoms with Crippen molar-refractivity contribution < 1.29 is 5.11 Å². The molecule has 2 aromatic rings. The van der Waals surface area contributed by atoms with Gasteiger partial charge in [-0.25, -0.2) is 4.98 Å². The first-order valence-electron chi connectivity index (χ1n) is 6.47. The molecule has 94 valence electrons. The average Bonchev–Trinajstić information content (AvgIpc) is 3.03. The molecular weight excluding hydrogens is 224 g/mol. The first kappa shape index (κ1) is 11.5. The van der Waals surface area contributed by atoms with E-state index in [-0.39, 0.29) is 12.0 Å². The maximum atomic E-state index is 9.87. The molecule has 0 bridgehead atoms. The van der Waals surface area contributed by atoms with Crippen LogP contribution in [0.5, 0.6) is 0 Å². The number of hydrogen-bond donors (Lipinski definition) is 1. The number of imidazole rings is 1. The zero-order chi connectivity index (χ0) is 12.6. The van der Waals surface area contributed by atoms with Gasteiger partial charge in [0, 0.05) is 18.2 Å². The zero-order valence-corrected chi connectivity index (χ0v) is 10.6. The van der Waals surface area contributed by atoms with Crippen LogP contribution >= 0.6 is 0 Å². The molecule has 0 atom stereocenters. The Balaban J connectivity index is 1.99. The largest absolute Gasteiger partial charge is 0.395 e. The summed E-state index contributed by atoms with van der Waals surface area (Å²) in [6, 6.07) is 8.45. The van der Waals surface area contributed by atoms with Gasteiger partial charge in [-0.3, -0.25) is 0 Å². The summed E-state index contributed by atoms with van der Waals surface area (Å²) in [5.41, 5.74) is 3.49. The highest BCUT2D eigenvalue weighted by Crippen LogP contribution is 2.38. The molecule has 1 N–H and O–H groups in total. The number of aromatic nitrogens is 2. The lowest BCUT2D eigenvalue weighted by Crippen LogP contribution is -2.31. The van der Waals surface area contributed by atoms with Crippen molar-refractivity contribution in [3.05, 3.63) is 53.6 Å². The smallest absolute Gasteiger partial charge is 0.0949 e.